The average Bonchev–Trinajstić information content (AvgIpc) is 3.58. The van der Waals surface area contributed by atoms with E-state index in [2.05, 4.69) is 10.6 Å². The number of hydrogen-bond acceptors (Lipinski definition) is 8. The zero-order valence-electron chi connectivity index (χ0n) is 31.9. The lowest BCUT2D eigenvalue weighted by molar-refractivity contribution is -0.124. The van der Waals surface area contributed by atoms with Crippen LogP contribution in [-0.2, 0) is 30.9 Å². The molecule has 1 heterocycles. The summed E-state index contributed by atoms with van der Waals surface area (Å²) in [5.74, 6) is -2.87. The number of nitrogens with one attached hydrogen (secondary N) is 2. The number of ether oxygens (including phenoxy) is 2. The van der Waals surface area contributed by atoms with Gasteiger partial charge in [0.25, 0.3) is 0 Å². The fourth-order valence-corrected chi connectivity index (χ4v) is 9.43. The van der Waals surface area contributed by atoms with Crippen molar-refractivity contribution in [2.24, 2.45) is 5.92 Å². The number of aliphatic hydroxyl groups is 1. The predicted octanol–water partition coefficient (Wildman–Crippen LogP) is 5.68. The minimum atomic E-state index is -3.96. The maximum absolute atomic E-state index is 14.3. The van der Waals surface area contributed by atoms with E-state index >= 15 is 0 Å². The zero-order valence-corrected chi connectivity index (χ0v) is 33.7. The molecule has 1 aliphatic carbocycles. The Kier molecular flexibility index (Phi) is 15.3. The van der Waals surface area contributed by atoms with Crippen molar-refractivity contribution in [3.63, 3.8) is 0 Å². The normalized spacial score (nSPS) is 20.1. The Morgan fingerprint density at radius 1 is 0.828 bits per heavy atom. The molecule has 16 heteroatoms. The number of methoxy groups -OCH3 is 1. The smallest absolute Gasteiger partial charge is 0.410 e. The van der Waals surface area contributed by atoms with E-state index in [4.69, 9.17) is 9.47 Å². The van der Waals surface area contributed by atoms with Crippen molar-refractivity contribution in [2.75, 3.05) is 26.7 Å². The van der Waals surface area contributed by atoms with Crippen molar-refractivity contribution < 1.29 is 46.2 Å². The summed E-state index contributed by atoms with van der Waals surface area (Å²) in [5.41, 5.74) is 1.74. The Morgan fingerprint density at radius 2 is 1.41 bits per heavy atom. The van der Waals surface area contributed by atoms with Crippen molar-refractivity contribution in [1.82, 2.24) is 19.8 Å². The molecule has 2 aliphatic rings. The van der Waals surface area contributed by atoms with Crippen molar-refractivity contribution in [2.45, 2.75) is 67.3 Å². The fraction of sp³-hybridized carbons (Fsp3) is 0.357. The second kappa shape index (κ2) is 20.1. The summed E-state index contributed by atoms with van der Waals surface area (Å²) in [6.45, 7) is 0.275. The van der Waals surface area contributed by atoms with E-state index in [0.29, 0.717) is 24.0 Å². The summed E-state index contributed by atoms with van der Waals surface area (Å²) in [6.07, 6.45) is -1.10. The lowest BCUT2D eigenvalue weighted by atomic mass is 9.84. The van der Waals surface area contributed by atoms with E-state index in [1.165, 1.54) is 69.9 Å². The van der Waals surface area contributed by atoms with Gasteiger partial charge in [-0.2, -0.15) is 17.8 Å². The van der Waals surface area contributed by atoms with E-state index < -0.39 is 69.9 Å². The van der Waals surface area contributed by atoms with Crippen molar-refractivity contribution in [3.8, 4) is 0 Å². The Balaban J connectivity index is 0.00000641. The lowest BCUT2D eigenvalue weighted by Gasteiger charge is -2.40. The number of amides is 3. The first-order valence-corrected chi connectivity index (χ1v) is 20.2. The van der Waals surface area contributed by atoms with Gasteiger partial charge in [0.1, 0.15) is 24.3 Å². The first kappa shape index (κ1) is 44.1. The van der Waals surface area contributed by atoms with Crippen LogP contribution in [0.1, 0.15) is 48.3 Å². The van der Waals surface area contributed by atoms with Gasteiger partial charge in [-0.25, -0.2) is 26.8 Å². The van der Waals surface area contributed by atoms with E-state index in [1.807, 2.05) is 30.3 Å². The molecular weight excluding hydrogens is 791 g/mol. The van der Waals surface area contributed by atoms with Gasteiger partial charge in [-0.15, -0.1) is 0 Å². The highest BCUT2D eigenvalue weighted by atomic mass is 32.2. The molecule has 5 atom stereocenters. The van der Waals surface area contributed by atoms with Crippen LogP contribution in [0.3, 0.4) is 0 Å². The van der Waals surface area contributed by atoms with E-state index in [1.54, 1.807) is 18.2 Å². The average molecular weight is 839 g/mol. The second-order valence-electron chi connectivity index (χ2n) is 14.3. The number of rotatable bonds is 13. The largest absolute Gasteiger partial charge is 0.453 e. The van der Waals surface area contributed by atoms with Crippen LogP contribution >= 0.6 is 13.5 Å². The number of halogens is 2. The number of sulfonamides is 1. The van der Waals surface area contributed by atoms with Gasteiger partial charge in [-0.05, 0) is 84.7 Å². The first-order valence-electron chi connectivity index (χ1n) is 18.8. The molecule has 310 valence electrons. The number of hydrogen-bond donors (Lipinski definition) is 3. The van der Waals surface area contributed by atoms with Crippen LogP contribution in [-0.4, -0.2) is 91.8 Å². The van der Waals surface area contributed by atoms with Gasteiger partial charge in [0.15, 0.2) is 0 Å². The molecule has 12 nitrogen and oxygen atoms in total. The number of piperazine rings is 1. The molecule has 4 aromatic rings. The second-order valence-corrected chi connectivity index (χ2v) is 16.2. The number of carbonyl (C=O) groups is 3. The SMILES string of the molecule is COC(=O)NC(C(=O)NC1CC(O)CC1CC[C@H]1CN(C(=O)OCc2ccccc2)CCN1S(=O)(=O)c1ccccc1)C(c1ccc(F)cc1)c1ccc(F)cc1.S. The zero-order chi connectivity index (χ0) is 40.5. The minimum absolute atomic E-state index is 0. The standard InChI is InChI=1S/C42H46F2N4O8S.H2S/c1-55-41(51)46-39(38(29-12-17-32(43)18-13-29)30-14-19-33(44)20-15-30)40(50)45-37-25-35(49)24-31(37)16-21-34-26-47(42(52)56-27-28-8-4-2-5-9-28)22-23-48(34)57(53,54)36-10-6-3-7-11-36;/h2-15,17-20,31,34-35,37-39,49H,16,21-27H2,1H3,(H,45,50)(H,46,51);1H2/t31?,34-,35?,37?,39?;/m0./s1. The van der Waals surface area contributed by atoms with Crippen LogP contribution in [0.15, 0.2) is 114 Å². The number of carbonyl (C=O) groups excluding carboxylic acids is 3. The molecule has 1 aliphatic heterocycles. The minimum Gasteiger partial charge on any atom is -0.453 e. The van der Waals surface area contributed by atoms with Crippen LogP contribution in [0.5, 0.6) is 0 Å². The summed E-state index contributed by atoms with van der Waals surface area (Å²) < 4.78 is 67.8. The summed E-state index contributed by atoms with van der Waals surface area (Å²) in [7, 11) is -2.81. The highest BCUT2D eigenvalue weighted by molar-refractivity contribution is 7.89. The molecule has 58 heavy (non-hydrogen) atoms. The van der Waals surface area contributed by atoms with Crippen LogP contribution in [0.2, 0.25) is 0 Å². The molecule has 0 radical (unpaired) electrons. The number of alkyl carbamates (subject to hydrolysis) is 1. The predicted molar refractivity (Wildman–Crippen MR) is 217 cm³/mol. The molecule has 0 aromatic heterocycles. The van der Waals surface area contributed by atoms with Gasteiger partial charge in [0, 0.05) is 37.6 Å². The Hall–Kier alpha value is -5.03. The molecule has 1 saturated heterocycles. The van der Waals surface area contributed by atoms with Crippen molar-refractivity contribution in [3.05, 3.63) is 138 Å². The van der Waals surface area contributed by atoms with Gasteiger partial charge < -0.3 is 30.1 Å². The topological polar surface area (TPSA) is 155 Å². The van der Waals surface area contributed by atoms with Crippen molar-refractivity contribution in [1.29, 1.82) is 0 Å². The summed E-state index contributed by atoms with van der Waals surface area (Å²) >= 11 is 0. The number of aliphatic hydroxyl groups excluding tert-OH is 1. The molecule has 2 fully saturated rings. The summed E-state index contributed by atoms with van der Waals surface area (Å²) in [5, 5.41) is 16.5. The number of nitrogens with zero attached hydrogens (tertiary/aromatic N) is 2. The van der Waals surface area contributed by atoms with Gasteiger partial charge in [-0.3, -0.25) is 4.79 Å². The third kappa shape index (κ3) is 10.9. The van der Waals surface area contributed by atoms with Gasteiger partial charge in [0.2, 0.25) is 15.9 Å². The van der Waals surface area contributed by atoms with Gasteiger partial charge >= 0.3 is 12.2 Å². The number of benzene rings is 4. The van der Waals surface area contributed by atoms with Crippen LogP contribution in [0.25, 0.3) is 0 Å². The van der Waals surface area contributed by atoms with Gasteiger partial charge in [-0.1, -0.05) is 72.8 Å². The van der Waals surface area contributed by atoms with Crippen LogP contribution in [0, 0.1) is 17.6 Å². The highest BCUT2D eigenvalue weighted by Gasteiger charge is 2.42. The summed E-state index contributed by atoms with van der Waals surface area (Å²) in [6, 6.07) is 25.5. The molecule has 3 N–H and O–H groups in total. The molecule has 0 spiro atoms. The van der Waals surface area contributed by atoms with Crippen LogP contribution in [0.4, 0.5) is 18.4 Å². The quantitative estimate of drug-likeness (QED) is 0.156. The monoisotopic (exact) mass is 838 g/mol. The molecule has 3 amide bonds. The molecule has 4 unspecified atom stereocenters. The molecule has 6 rings (SSSR count). The van der Waals surface area contributed by atoms with Crippen LogP contribution < -0.4 is 10.6 Å². The van der Waals surface area contributed by atoms with E-state index in [0.717, 1.165) is 12.7 Å². The van der Waals surface area contributed by atoms with Gasteiger partial charge in [0.05, 0.1) is 18.1 Å². The van der Waals surface area contributed by atoms with E-state index in [9.17, 15) is 36.7 Å². The highest BCUT2D eigenvalue weighted by Crippen LogP contribution is 2.34. The molecule has 4 aromatic carbocycles. The first-order chi connectivity index (χ1) is 27.4. The maximum atomic E-state index is 14.3. The lowest BCUT2D eigenvalue weighted by Crippen LogP contribution is -2.56. The Morgan fingerprint density at radius 3 is 2.00 bits per heavy atom. The maximum Gasteiger partial charge on any atom is 0.410 e. The third-order valence-corrected chi connectivity index (χ3v) is 12.6. The molecule has 0 bridgehead atoms. The third-order valence-electron chi connectivity index (χ3n) is 10.6. The van der Waals surface area contributed by atoms with E-state index in [-0.39, 0.29) is 63.4 Å². The summed E-state index contributed by atoms with van der Waals surface area (Å²) in [4.78, 5) is 41.8. The molecular formula is C42H48F2N4O8S2. The fourth-order valence-electron chi connectivity index (χ4n) is 7.77. The Labute approximate surface area is 344 Å². The Bertz CT molecular complexity index is 2040. The molecule has 1 saturated carbocycles. The van der Waals surface area contributed by atoms with Crippen molar-refractivity contribution >= 4 is 41.6 Å².